The minimum Gasteiger partial charge on any atom is -0.366 e. The van der Waals surface area contributed by atoms with E-state index in [-0.39, 0.29) is 18.5 Å². The van der Waals surface area contributed by atoms with Crippen molar-refractivity contribution >= 4 is 17.4 Å². The lowest BCUT2D eigenvalue weighted by Crippen LogP contribution is -2.61. The standard InChI is InChI=1S/C18H25FN10O/c1-27(21)17(30)28-7-3-5-18(28,20)10-25-15-13(19)8-24-14(26-15)12-9-29(22)16-11(12)4-2-6-23-16/h2,4,6,8-9,16,23H,3,5,7,10,20-22H2,1H3,(H,24,25,26)/t16?,18-/m1/s1. The van der Waals surface area contributed by atoms with E-state index in [0.717, 1.165) is 23.2 Å². The minimum absolute atomic E-state index is 0.00180. The molecule has 4 heterocycles. The number of dihydropyridines is 1. The van der Waals surface area contributed by atoms with Crippen molar-refractivity contribution in [2.75, 3.05) is 25.5 Å². The molecule has 12 heteroatoms. The van der Waals surface area contributed by atoms with Crippen molar-refractivity contribution in [3.05, 3.63) is 48.0 Å². The van der Waals surface area contributed by atoms with Crippen LogP contribution in [-0.4, -0.2) is 62.9 Å². The topological polar surface area (TPSA) is 155 Å². The molecule has 4 rings (SSSR count). The van der Waals surface area contributed by atoms with E-state index in [0.29, 0.717) is 24.4 Å². The third kappa shape index (κ3) is 3.44. The number of halogens is 1. The lowest BCUT2D eigenvalue weighted by molar-refractivity contribution is 0.126. The number of rotatable bonds is 4. The normalized spacial score (nSPS) is 24.9. The van der Waals surface area contributed by atoms with Gasteiger partial charge in [0.2, 0.25) is 0 Å². The summed E-state index contributed by atoms with van der Waals surface area (Å²) in [4.78, 5) is 22.3. The second kappa shape index (κ2) is 7.55. The van der Waals surface area contributed by atoms with Crippen LogP contribution in [0.1, 0.15) is 18.7 Å². The van der Waals surface area contributed by atoms with Crippen LogP contribution < -0.4 is 28.1 Å². The Balaban J connectivity index is 1.55. The molecule has 1 unspecified atom stereocenters. The van der Waals surface area contributed by atoms with E-state index in [1.54, 1.807) is 12.4 Å². The number of anilines is 1. The molecule has 1 saturated heterocycles. The molecule has 160 valence electrons. The summed E-state index contributed by atoms with van der Waals surface area (Å²) >= 11 is 0. The maximum absolute atomic E-state index is 14.4. The number of fused-ring (bicyclic) bond motifs is 1. The summed E-state index contributed by atoms with van der Waals surface area (Å²) in [6.07, 6.45) is 9.39. The number of hydrogen-bond acceptors (Lipinski definition) is 9. The predicted octanol–water partition coefficient (Wildman–Crippen LogP) is -0.396. The highest BCUT2D eigenvalue weighted by Crippen LogP contribution is 2.33. The zero-order chi connectivity index (χ0) is 21.5. The van der Waals surface area contributed by atoms with Gasteiger partial charge in [-0.1, -0.05) is 6.08 Å². The number of amides is 2. The molecule has 2 atom stereocenters. The number of allylic oxidation sites excluding steroid dienone is 2. The Hall–Kier alpha value is -3.22. The number of hydrogen-bond donors (Lipinski definition) is 5. The van der Waals surface area contributed by atoms with E-state index in [1.165, 1.54) is 17.0 Å². The van der Waals surface area contributed by atoms with Crippen molar-refractivity contribution < 1.29 is 9.18 Å². The van der Waals surface area contributed by atoms with Gasteiger partial charge < -0.3 is 21.3 Å². The second-order valence-corrected chi connectivity index (χ2v) is 7.54. The molecule has 0 spiro atoms. The minimum atomic E-state index is -1.01. The largest absolute Gasteiger partial charge is 0.366 e. The van der Waals surface area contributed by atoms with Crippen LogP contribution in [0.15, 0.2) is 36.3 Å². The molecule has 3 aliphatic heterocycles. The van der Waals surface area contributed by atoms with E-state index in [9.17, 15) is 9.18 Å². The lowest BCUT2D eigenvalue weighted by Gasteiger charge is -2.36. The molecule has 0 radical (unpaired) electrons. The SMILES string of the molecule is CN(N)C(=O)N1CCC[C@]1(N)CNc1nc(C2=CN(N)C3NC=CC=C23)ncc1F. The smallest absolute Gasteiger partial charge is 0.335 e. The Bertz CT molecular complexity index is 945. The predicted molar refractivity (Wildman–Crippen MR) is 109 cm³/mol. The third-order valence-electron chi connectivity index (χ3n) is 5.42. The van der Waals surface area contributed by atoms with Crippen LogP contribution in [-0.2, 0) is 0 Å². The molecule has 8 N–H and O–H groups in total. The summed E-state index contributed by atoms with van der Waals surface area (Å²) < 4.78 is 14.4. The zero-order valence-corrected chi connectivity index (χ0v) is 16.5. The molecule has 0 bridgehead atoms. The molecule has 1 aromatic rings. The van der Waals surface area contributed by atoms with Gasteiger partial charge >= 0.3 is 6.03 Å². The summed E-state index contributed by atoms with van der Waals surface area (Å²) in [5, 5.41) is 8.56. The molecule has 3 aliphatic rings. The molecular formula is C18H25FN10O. The molecule has 0 saturated carbocycles. The molecule has 1 fully saturated rings. The van der Waals surface area contributed by atoms with Crippen molar-refractivity contribution in [1.82, 2.24) is 30.2 Å². The first kappa shape index (κ1) is 20.1. The molecule has 0 aliphatic carbocycles. The Kier molecular flexibility index (Phi) is 5.05. The fraction of sp³-hybridized carbons (Fsp3) is 0.389. The average Bonchev–Trinajstić information content (AvgIpc) is 3.28. The fourth-order valence-corrected chi connectivity index (χ4v) is 3.87. The number of urea groups is 1. The first-order chi connectivity index (χ1) is 14.3. The van der Waals surface area contributed by atoms with Crippen molar-refractivity contribution in [3.8, 4) is 0 Å². The van der Waals surface area contributed by atoms with E-state index >= 15 is 0 Å². The van der Waals surface area contributed by atoms with Crippen LogP contribution in [0.5, 0.6) is 0 Å². The first-order valence-electron chi connectivity index (χ1n) is 9.54. The molecule has 0 aromatic carbocycles. The number of nitrogens with zero attached hydrogens (tertiary/aromatic N) is 5. The van der Waals surface area contributed by atoms with Gasteiger partial charge in [0.15, 0.2) is 17.5 Å². The summed E-state index contributed by atoms with van der Waals surface area (Å²) in [7, 11) is 1.46. The van der Waals surface area contributed by atoms with Crippen LogP contribution in [0.25, 0.3) is 5.57 Å². The van der Waals surface area contributed by atoms with Gasteiger partial charge in [-0.05, 0) is 25.1 Å². The summed E-state index contributed by atoms with van der Waals surface area (Å²) in [6.45, 7) is 0.586. The van der Waals surface area contributed by atoms with E-state index in [4.69, 9.17) is 17.4 Å². The molecule has 30 heavy (non-hydrogen) atoms. The molecule has 1 aromatic heterocycles. The Morgan fingerprint density at radius 1 is 1.53 bits per heavy atom. The van der Waals surface area contributed by atoms with Crippen LogP contribution in [0.4, 0.5) is 15.0 Å². The zero-order valence-electron chi connectivity index (χ0n) is 16.5. The van der Waals surface area contributed by atoms with Gasteiger partial charge in [-0.2, -0.15) is 0 Å². The van der Waals surface area contributed by atoms with Gasteiger partial charge in [-0.25, -0.2) is 30.8 Å². The Labute approximate surface area is 173 Å². The van der Waals surface area contributed by atoms with Crippen molar-refractivity contribution in [2.24, 2.45) is 17.4 Å². The van der Waals surface area contributed by atoms with Gasteiger partial charge in [0, 0.05) is 30.9 Å². The van der Waals surface area contributed by atoms with Crippen molar-refractivity contribution in [3.63, 3.8) is 0 Å². The molecular weight excluding hydrogens is 391 g/mol. The highest BCUT2D eigenvalue weighted by Gasteiger charge is 2.41. The van der Waals surface area contributed by atoms with Gasteiger partial charge in [0.25, 0.3) is 0 Å². The third-order valence-corrected chi connectivity index (χ3v) is 5.42. The summed E-state index contributed by atoms with van der Waals surface area (Å²) in [5.41, 5.74) is 7.00. The summed E-state index contributed by atoms with van der Waals surface area (Å²) in [5.74, 6) is 11.3. The van der Waals surface area contributed by atoms with Crippen LogP contribution in [0.3, 0.4) is 0 Å². The highest BCUT2D eigenvalue weighted by atomic mass is 19.1. The number of nitrogens with two attached hydrogens (primary N) is 3. The van der Waals surface area contributed by atoms with E-state index in [1.807, 2.05) is 12.2 Å². The van der Waals surface area contributed by atoms with Crippen LogP contribution >= 0.6 is 0 Å². The summed E-state index contributed by atoms with van der Waals surface area (Å²) in [6, 6.07) is -0.393. The average molecular weight is 416 g/mol. The fourth-order valence-electron chi connectivity index (χ4n) is 3.87. The van der Waals surface area contributed by atoms with E-state index in [2.05, 4.69) is 20.6 Å². The number of hydrazine groups is 2. The van der Waals surface area contributed by atoms with Crippen LogP contribution in [0, 0.1) is 5.82 Å². The lowest BCUT2D eigenvalue weighted by atomic mass is 10.0. The monoisotopic (exact) mass is 416 g/mol. The highest BCUT2D eigenvalue weighted by molar-refractivity contribution is 5.80. The number of carbonyl (C=O) groups excluding carboxylic acids is 1. The van der Waals surface area contributed by atoms with E-state index < -0.39 is 17.5 Å². The first-order valence-corrected chi connectivity index (χ1v) is 9.54. The van der Waals surface area contributed by atoms with Gasteiger partial charge in [0.05, 0.1) is 12.7 Å². The number of aromatic nitrogens is 2. The number of nitrogens with one attached hydrogen (secondary N) is 2. The maximum Gasteiger partial charge on any atom is 0.335 e. The quantitative estimate of drug-likeness (QED) is 0.250. The Morgan fingerprint density at radius 3 is 3.10 bits per heavy atom. The number of likely N-dealkylation sites (tertiary alicyclic amines) is 1. The van der Waals surface area contributed by atoms with Gasteiger partial charge in [-0.3, -0.25) is 10.0 Å². The van der Waals surface area contributed by atoms with Gasteiger partial charge in [0.1, 0.15) is 11.8 Å². The van der Waals surface area contributed by atoms with Crippen molar-refractivity contribution in [2.45, 2.75) is 24.7 Å². The second-order valence-electron chi connectivity index (χ2n) is 7.54. The molecule has 2 amide bonds. The van der Waals surface area contributed by atoms with Crippen LogP contribution in [0.2, 0.25) is 0 Å². The molecule has 11 nitrogen and oxygen atoms in total. The Morgan fingerprint density at radius 2 is 2.33 bits per heavy atom. The maximum atomic E-state index is 14.4. The number of carbonyl (C=O) groups is 1. The van der Waals surface area contributed by atoms with Crippen molar-refractivity contribution in [1.29, 1.82) is 0 Å². The van der Waals surface area contributed by atoms with Gasteiger partial charge in [-0.15, -0.1) is 0 Å².